The van der Waals surface area contributed by atoms with Crippen molar-refractivity contribution in [2.24, 2.45) is 0 Å². The van der Waals surface area contributed by atoms with Gasteiger partial charge >= 0.3 is 6.03 Å². The van der Waals surface area contributed by atoms with Crippen LogP contribution < -0.4 is 20.3 Å². The van der Waals surface area contributed by atoms with Crippen molar-refractivity contribution in [3.05, 3.63) is 48.5 Å². The van der Waals surface area contributed by atoms with E-state index in [0.29, 0.717) is 6.54 Å². The molecule has 3 rings (SSSR count). The van der Waals surface area contributed by atoms with Crippen molar-refractivity contribution in [3.63, 3.8) is 0 Å². The Bertz CT molecular complexity index is 759. The summed E-state index contributed by atoms with van der Waals surface area (Å²) in [4.78, 5) is 18.2. The first-order chi connectivity index (χ1) is 14.2. The molecule has 0 spiro atoms. The zero-order chi connectivity index (χ0) is 20.5. The van der Waals surface area contributed by atoms with Crippen molar-refractivity contribution >= 4 is 29.2 Å². The number of methoxy groups -OCH3 is 1. The van der Waals surface area contributed by atoms with Gasteiger partial charge in [-0.15, -0.1) is 11.8 Å². The lowest BCUT2D eigenvalue weighted by molar-refractivity contribution is 0.244. The van der Waals surface area contributed by atoms with Crippen molar-refractivity contribution in [2.75, 3.05) is 62.9 Å². The van der Waals surface area contributed by atoms with E-state index < -0.39 is 0 Å². The van der Waals surface area contributed by atoms with Gasteiger partial charge in [0, 0.05) is 49.0 Å². The summed E-state index contributed by atoms with van der Waals surface area (Å²) in [5.74, 6) is 0.771. The predicted molar refractivity (Wildman–Crippen MR) is 122 cm³/mol. The molecule has 0 unspecified atom stereocenters. The molecule has 1 fully saturated rings. The summed E-state index contributed by atoms with van der Waals surface area (Å²) >= 11 is 1.77. The SMILES string of the molecule is COc1ccc(NC(=O)NCCCN2CCN(c3ccc(SC)cc3)CC2)cc1. The minimum Gasteiger partial charge on any atom is -0.497 e. The summed E-state index contributed by atoms with van der Waals surface area (Å²) in [5.41, 5.74) is 2.06. The van der Waals surface area contributed by atoms with E-state index in [1.165, 1.54) is 10.6 Å². The number of hydrogen-bond acceptors (Lipinski definition) is 5. The maximum Gasteiger partial charge on any atom is 0.319 e. The van der Waals surface area contributed by atoms with Gasteiger partial charge in [0.2, 0.25) is 0 Å². The van der Waals surface area contributed by atoms with Crippen molar-refractivity contribution in [2.45, 2.75) is 11.3 Å². The van der Waals surface area contributed by atoms with Gasteiger partial charge in [-0.2, -0.15) is 0 Å². The second-order valence-electron chi connectivity index (χ2n) is 6.99. The third-order valence-electron chi connectivity index (χ3n) is 5.09. The molecular formula is C22H30N4O2S. The van der Waals surface area contributed by atoms with E-state index in [0.717, 1.165) is 50.6 Å². The summed E-state index contributed by atoms with van der Waals surface area (Å²) in [6.45, 7) is 5.87. The van der Waals surface area contributed by atoms with Crippen LogP contribution in [0.3, 0.4) is 0 Å². The standard InChI is InChI=1S/C22H30N4O2S/c1-28-20-8-4-18(5-9-20)24-22(27)23-12-3-13-25-14-16-26(17-15-25)19-6-10-21(29-2)11-7-19/h4-11H,3,12-17H2,1-2H3,(H2,23,24,27). The van der Waals surface area contributed by atoms with E-state index in [4.69, 9.17) is 4.74 Å². The second-order valence-corrected chi connectivity index (χ2v) is 7.87. The second kappa shape index (κ2) is 11.0. The number of carbonyl (C=O) groups excluding carboxylic acids is 1. The van der Waals surface area contributed by atoms with Gasteiger partial charge in [-0.3, -0.25) is 4.90 Å². The Kier molecular flexibility index (Phi) is 8.07. The lowest BCUT2D eigenvalue weighted by Crippen LogP contribution is -2.47. The van der Waals surface area contributed by atoms with E-state index >= 15 is 0 Å². The van der Waals surface area contributed by atoms with Gasteiger partial charge in [0.25, 0.3) is 0 Å². The number of nitrogens with one attached hydrogen (secondary N) is 2. The van der Waals surface area contributed by atoms with Gasteiger partial charge in [0.1, 0.15) is 5.75 Å². The number of hydrogen-bond donors (Lipinski definition) is 2. The average Bonchev–Trinajstić information content (AvgIpc) is 2.78. The number of nitrogens with zero attached hydrogens (tertiary/aromatic N) is 2. The lowest BCUT2D eigenvalue weighted by Gasteiger charge is -2.36. The van der Waals surface area contributed by atoms with Gasteiger partial charge in [0.15, 0.2) is 0 Å². The topological polar surface area (TPSA) is 56.8 Å². The molecule has 2 aromatic rings. The quantitative estimate of drug-likeness (QED) is 0.509. The molecule has 2 N–H and O–H groups in total. The molecule has 0 bridgehead atoms. The van der Waals surface area contributed by atoms with Crippen LogP contribution >= 0.6 is 11.8 Å². The van der Waals surface area contributed by atoms with Crippen molar-refractivity contribution in [1.29, 1.82) is 0 Å². The zero-order valence-electron chi connectivity index (χ0n) is 17.2. The summed E-state index contributed by atoms with van der Waals surface area (Å²) in [6, 6.07) is 15.9. The maximum atomic E-state index is 12.0. The Morgan fingerprint density at radius 1 is 1.03 bits per heavy atom. The van der Waals surface area contributed by atoms with Crippen molar-refractivity contribution in [1.82, 2.24) is 10.2 Å². The van der Waals surface area contributed by atoms with Crippen molar-refractivity contribution < 1.29 is 9.53 Å². The highest BCUT2D eigenvalue weighted by atomic mass is 32.2. The number of carbonyl (C=O) groups is 1. The number of rotatable bonds is 8. The van der Waals surface area contributed by atoms with E-state index in [1.807, 2.05) is 24.3 Å². The van der Waals surface area contributed by atoms with Crippen LogP contribution in [-0.4, -0.2) is 63.6 Å². The zero-order valence-corrected chi connectivity index (χ0v) is 18.0. The first-order valence-corrected chi connectivity index (χ1v) is 11.2. The summed E-state index contributed by atoms with van der Waals surface area (Å²) < 4.78 is 5.12. The van der Waals surface area contributed by atoms with Crippen molar-refractivity contribution in [3.8, 4) is 5.75 Å². The molecule has 156 valence electrons. The van der Waals surface area contributed by atoms with Crippen LogP contribution in [0.25, 0.3) is 0 Å². The Labute approximate surface area is 177 Å². The number of amides is 2. The molecule has 1 saturated heterocycles. The smallest absolute Gasteiger partial charge is 0.319 e. The van der Waals surface area contributed by atoms with Crippen LogP contribution in [-0.2, 0) is 0 Å². The molecule has 29 heavy (non-hydrogen) atoms. The van der Waals surface area contributed by atoms with Gasteiger partial charge < -0.3 is 20.3 Å². The molecule has 0 saturated carbocycles. The Balaban J connectivity index is 1.30. The molecule has 0 aliphatic carbocycles. The summed E-state index contributed by atoms with van der Waals surface area (Å²) in [5, 5.41) is 5.76. The largest absolute Gasteiger partial charge is 0.497 e. The molecule has 2 amide bonds. The van der Waals surface area contributed by atoms with E-state index in [2.05, 4.69) is 51.0 Å². The fraction of sp³-hybridized carbons (Fsp3) is 0.409. The van der Waals surface area contributed by atoms with E-state index in [1.54, 1.807) is 18.9 Å². The Morgan fingerprint density at radius 3 is 2.34 bits per heavy atom. The maximum absolute atomic E-state index is 12.0. The van der Waals surface area contributed by atoms with Crippen LogP contribution in [0, 0.1) is 0 Å². The molecule has 0 radical (unpaired) electrons. The molecule has 1 aliphatic rings. The van der Waals surface area contributed by atoms with Gasteiger partial charge in [0.05, 0.1) is 7.11 Å². The van der Waals surface area contributed by atoms with E-state index in [9.17, 15) is 4.79 Å². The minimum atomic E-state index is -0.173. The molecule has 1 aliphatic heterocycles. The van der Waals surface area contributed by atoms with Crippen LogP contribution in [0.1, 0.15) is 6.42 Å². The Hall–Kier alpha value is -2.38. The van der Waals surface area contributed by atoms with Crippen LogP contribution in [0.5, 0.6) is 5.75 Å². The lowest BCUT2D eigenvalue weighted by atomic mass is 10.2. The van der Waals surface area contributed by atoms with E-state index in [-0.39, 0.29) is 6.03 Å². The van der Waals surface area contributed by atoms with Gasteiger partial charge in [-0.25, -0.2) is 4.79 Å². The third-order valence-corrected chi connectivity index (χ3v) is 5.84. The highest BCUT2D eigenvalue weighted by Crippen LogP contribution is 2.21. The molecule has 7 heteroatoms. The molecule has 6 nitrogen and oxygen atoms in total. The predicted octanol–water partition coefficient (Wildman–Crippen LogP) is 3.75. The van der Waals surface area contributed by atoms with Crippen LogP contribution in [0.15, 0.2) is 53.4 Å². The summed E-state index contributed by atoms with van der Waals surface area (Å²) in [6.07, 6.45) is 3.05. The number of piperazine rings is 1. The number of anilines is 2. The number of ether oxygens (including phenoxy) is 1. The molecule has 1 heterocycles. The number of benzene rings is 2. The van der Waals surface area contributed by atoms with Crippen LogP contribution in [0.4, 0.5) is 16.2 Å². The highest BCUT2D eigenvalue weighted by molar-refractivity contribution is 7.98. The first kappa shape index (κ1) is 21.3. The van der Waals surface area contributed by atoms with Gasteiger partial charge in [-0.1, -0.05) is 0 Å². The van der Waals surface area contributed by atoms with Gasteiger partial charge in [-0.05, 0) is 67.8 Å². The molecule has 0 aromatic heterocycles. The summed E-state index contributed by atoms with van der Waals surface area (Å²) in [7, 11) is 1.62. The number of thioether (sulfide) groups is 1. The number of urea groups is 1. The van der Waals surface area contributed by atoms with Crippen LogP contribution in [0.2, 0.25) is 0 Å². The fourth-order valence-corrected chi connectivity index (χ4v) is 3.79. The molecule has 2 aromatic carbocycles. The Morgan fingerprint density at radius 2 is 1.72 bits per heavy atom. The normalized spacial score (nSPS) is 14.5. The highest BCUT2D eigenvalue weighted by Gasteiger charge is 2.16. The first-order valence-electron chi connectivity index (χ1n) is 9.98. The molecule has 0 atom stereocenters. The minimum absolute atomic E-state index is 0.173. The fourth-order valence-electron chi connectivity index (χ4n) is 3.38. The molecular weight excluding hydrogens is 384 g/mol. The monoisotopic (exact) mass is 414 g/mol. The average molecular weight is 415 g/mol. The third kappa shape index (κ3) is 6.58.